The molecule has 0 aromatic carbocycles. The lowest BCUT2D eigenvalue weighted by atomic mass is 9.70. The number of carbonyl (C=O) groups excluding carboxylic acids is 2. The minimum atomic E-state index is -0.859. The van der Waals surface area contributed by atoms with Gasteiger partial charge in [-0.25, -0.2) is 5.43 Å². The number of hydrogen-bond donors (Lipinski definition) is 1. The van der Waals surface area contributed by atoms with Gasteiger partial charge in [-0.3, -0.25) is 9.59 Å². The van der Waals surface area contributed by atoms with Crippen molar-refractivity contribution >= 4 is 17.5 Å². The molecule has 5 fully saturated rings. The first-order valence-electron chi connectivity index (χ1n) is 11.3. The Kier molecular flexibility index (Phi) is 3.51. The topological polar surface area (TPSA) is 80.2 Å². The molecule has 6 aliphatic rings. The molecule has 2 aliphatic carbocycles. The maximum Gasteiger partial charge on any atom is 0.247 e. The van der Waals surface area contributed by atoms with Crippen LogP contribution in [-0.2, 0) is 19.1 Å². The van der Waals surface area contributed by atoms with Crippen molar-refractivity contribution in [3.05, 3.63) is 12.2 Å². The molecule has 162 valence electrons. The standard InChI is InChI=1S/C23H31N3O4/c1-20(2)13-6-7-21(20,3)14(12-13)24-25-17(27)15-16-18(28)26-10-5-11-29-19(26)23(16)9-8-22(15,4)30-23/h8-9,13,15-16,19H,5-7,10-12H2,1-4H3,(H,25,27)/b24-14+/t13-,15?,16?,19?,21+,22?,23?/m1/s1. The summed E-state index contributed by atoms with van der Waals surface area (Å²) in [5.74, 6) is -0.791. The Labute approximate surface area is 177 Å². The second kappa shape index (κ2) is 5.54. The Hall–Kier alpha value is -1.73. The zero-order chi connectivity index (χ0) is 21.1. The quantitative estimate of drug-likeness (QED) is 0.556. The highest BCUT2D eigenvalue weighted by Gasteiger charge is 2.75. The lowest BCUT2D eigenvalue weighted by Gasteiger charge is -2.36. The summed E-state index contributed by atoms with van der Waals surface area (Å²) in [6, 6.07) is 0. The van der Waals surface area contributed by atoms with E-state index in [9.17, 15) is 9.59 Å². The molecule has 7 atom stereocenters. The fraction of sp³-hybridized carbons (Fsp3) is 0.783. The first-order valence-corrected chi connectivity index (χ1v) is 11.3. The van der Waals surface area contributed by atoms with Crippen LogP contribution in [0.5, 0.6) is 0 Å². The van der Waals surface area contributed by atoms with Crippen molar-refractivity contribution in [2.45, 2.75) is 70.8 Å². The molecule has 2 saturated carbocycles. The molecule has 5 unspecified atom stereocenters. The highest BCUT2D eigenvalue weighted by molar-refractivity contribution is 5.97. The van der Waals surface area contributed by atoms with E-state index < -0.39 is 29.3 Å². The lowest BCUT2D eigenvalue weighted by molar-refractivity contribution is -0.177. The third kappa shape index (κ3) is 1.97. The second-order valence-corrected chi connectivity index (χ2v) is 11.1. The molecule has 7 nitrogen and oxygen atoms in total. The number of fused-ring (bicyclic) bond motifs is 4. The number of carbonyl (C=O) groups is 2. The summed E-state index contributed by atoms with van der Waals surface area (Å²) in [4.78, 5) is 28.5. The fourth-order valence-electron chi connectivity index (χ4n) is 7.41. The smallest absolute Gasteiger partial charge is 0.247 e. The van der Waals surface area contributed by atoms with Gasteiger partial charge in [0.1, 0.15) is 5.60 Å². The van der Waals surface area contributed by atoms with Crippen molar-refractivity contribution in [1.82, 2.24) is 10.3 Å². The van der Waals surface area contributed by atoms with Crippen molar-refractivity contribution in [3.8, 4) is 0 Å². The Morgan fingerprint density at radius 3 is 2.77 bits per heavy atom. The molecule has 4 heterocycles. The van der Waals surface area contributed by atoms with E-state index in [0.29, 0.717) is 19.1 Å². The molecule has 4 bridgehead atoms. The summed E-state index contributed by atoms with van der Waals surface area (Å²) in [6.07, 6.45) is 7.57. The van der Waals surface area contributed by atoms with Crippen LogP contribution in [0, 0.1) is 28.6 Å². The number of rotatable bonds is 2. The van der Waals surface area contributed by atoms with Gasteiger partial charge in [-0.2, -0.15) is 5.10 Å². The van der Waals surface area contributed by atoms with E-state index in [4.69, 9.17) is 9.47 Å². The molecule has 7 heteroatoms. The van der Waals surface area contributed by atoms with Crippen molar-refractivity contribution in [2.75, 3.05) is 13.2 Å². The second-order valence-electron chi connectivity index (χ2n) is 11.1. The van der Waals surface area contributed by atoms with E-state index >= 15 is 0 Å². The number of amides is 2. The summed E-state index contributed by atoms with van der Waals surface area (Å²) in [6.45, 7) is 10.1. The van der Waals surface area contributed by atoms with Crippen LogP contribution in [0.2, 0.25) is 0 Å². The number of hydrogen-bond acceptors (Lipinski definition) is 5. The van der Waals surface area contributed by atoms with Gasteiger partial charge in [-0.1, -0.05) is 26.8 Å². The first kappa shape index (κ1) is 19.0. The van der Waals surface area contributed by atoms with Crippen LogP contribution in [-0.4, -0.2) is 53.0 Å². The third-order valence-corrected chi connectivity index (χ3v) is 9.64. The molecule has 4 aliphatic heterocycles. The Bertz CT molecular complexity index is 912. The fourth-order valence-corrected chi connectivity index (χ4v) is 7.41. The minimum absolute atomic E-state index is 0.0266. The predicted molar refractivity (Wildman–Crippen MR) is 109 cm³/mol. The highest BCUT2D eigenvalue weighted by Crippen LogP contribution is 2.64. The van der Waals surface area contributed by atoms with Gasteiger partial charge in [0.05, 0.1) is 24.0 Å². The van der Waals surface area contributed by atoms with Crippen LogP contribution >= 0.6 is 0 Å². The van der Waals surface area contributed by atoms with Crippen molar-refractivity contribution in [2.24, 2.45) is 33.7 Å². The molecule has 1 spiro atoms. The lowest BCUT2D eigenvalue weighted by Crippen LogP contribution is -2.50. The van der Waals surface area contributed by atoms with E-state index in [1.165, 1.54) is 6.42 Å². The van der Waals surface area contributed by atoms with E-state index in [2.05, 4.69) is 31.3 Å². The van der Waals surface area contributed by atoms with E-state index in [-0.39, 0.29) is 22.6 Å². The summed E-state index contributed by atoms with van der Waals surface area (Å²) in [5, 5.41) is 4.64. The van der Waals surface area contributed by atoms with Crippen molar-refractivity contribution in [1.29, 1.82) is 0 Å². The Balaban J connectivity index is 1.29. The number of nitrogens with zero attached hydrogens (tertiary/aromatic N) is 2. The van der Waals surface area contributed by atoms with Gasteiger partial charge >= 0.3 is 0 Å². The van der Waals surface area contributed by atoms with Crippen LogP contribution in [0.25, 0.3) is 0 Å². The van der Waals surface area contributed by atoms with Gasteiger partial charge in [0.2, 0.25) is 11.8 Å². The van der Waals surface area contributed by atoms with Gasteiger partial charge in [0, 0.05) is 17.7 Å². The van der Waals surface area contributed by atoms with E-state index in [1.807, 2.05) is 19.1 Å². The summed E-state index contributed by atoms with van der Waals surface area (Å²) < 4.78 is 12.4. The van der Waals surface area contributed by atoms with Gasteiger partial charge in [0.25, 0.3) is 0 Å². The highest BCUT2D eigenvalue weighted by atomic mass is 16.6. The maximum absolute atomic E-state index is 13.4. The molecular weight excluding hydrogens is 382 g/mol. The molecule has 6 rings (SSSR count). The molecule has 30 heavy (non-hydrogen) atoms. The summed E-state index contributed by atoms with van der Waals surface area (Å²) in [7, 11) is 0. The minimum Gasteiger partial charge on any atom is -0.355 e. The van der Waals surface area contributed by atoms with Crippen molar-refractivity contribution < 1.29 is 19.1 Å². The molecule has 2 amide bonds. The first-order chi connectivity index (χ1) is 14.1. The van der Waals surface area contributed by atoms with Crippen LogP contribution < -0.4 is 5.43 Å². The largest absolute Gasteiger partial charge is 0.355 e. The molecular formula is C23H31N3O4. The monoisotopic (exact) mass is 413 g/mol. The van der Waals surface area contributed by atoms with E-state index in [1.54, 1.807) is 4.90 Å². The van der Waals surface area contributed by atoms with Crippen LogP contribution in [0.1, 0.15) is 53.4 Å². The summed E-state index contributed by atoms with van der Waals surface area (Å²) in [5.41, 5.74) is 2.51. The molecule has 0 radical (unpaired) electrons. The summed E-state index contributed by atoms with van der Waals surface area (Å²) >= 11 is 0. The van der Waals surface area contributed by atoms with Crippen LogP contribution in [0.4, 0.5) is 0 Å². The maximum atomic E-state index is 13.4. The molecule has 3 saturated heterocycles. The number of hydrazone groups is 1. The molecule has 0 aromatic heterocycles. The third-order valence-electron chi connectivity index (χ3n) is 9.64. The van der Waals surface area contributed by atoms with Crippen LogP contribution in [0.15, 0.2) is 17.3 Å². The Morgan fingerprint density at radius 1 is 1.27 bits per heavy atom. The average Bonchev–Trinajstić information content (AvgIpc) is 3.39. The zero-order valence-corrected chi connectivity index (χ0v) is 18.2. The van der Waals surface area contributed by atoms with Gasteiger partial charge in [-0.15, -0.1) is 0 Å². The SMILES string of the molecule is CC12C=CC3(O1)C(C(=O)N1CCCOC13)C2C(=O)N/N=C1\C[C@H]2CC[C@]1(C)C2(C)C. The zero-order valence-electron chi connectivity index (χ0n) is 18.2. The molecule has 1 N–H and O–H groups in total. The normalized spacial score (nSPS) is 51.0. The van der Waals surface area contributed by atoms with Gasteiger partial charge in [0.15, 0.2) is 6.23 Å². The van der Waals surface area contributed by atoms with Gasteiger partial charge in [-0.05, 0) is 50.0 Å². The number of nitrogens with one attached hydrogen (secondary N) is 1. The van der Waals surface area contributed by atoms with Crippen molar-refractivity contribution in [3.63, 3.8) is 0 Å². The predicted octanol–water partition coefficient (Wildman–Crippen LogP) is 2.22. The Morgan fingerprint density at radius 2 is 2.07 bits per heavy atom. The van der Waals surface area contributed by atoms with E-state index in [0.717, 1.165) is 25.0 Å². The van der Waals surface area contributed by atoms with Crippen LogP contribution in [0.3, 0.4) is 0 Å². The number of ether oxygens (including phenoxy) is 2. The molecule has 0 aromatic rings. The van der Waals surface area contributed by atoms with Gasteiger partial charge < -0.3 is 14.4 Å². The average molecular weight is 414 g/mol.